The maximum Gasteiger partial charge on any atom is 0.322 e. The van der Waals surface area contributed by atoms with Gasteiger partial charge in [-0.1, -0.05) is 0 Å². The molecule has 0 fully saturated rings. The number of anilines is 1. The number of hydrogen-bond donors (Lipinski definition) is 4. The van der Waals surface area contributed by atoms with Gasteiger partial charge < -0.3 is 21.5 Å². The number of nitrogens with one attached hydrogen (secondary N) is 2. The molecule has 0 unspecified atom stereocenters. The molecular formula is C13H17N3O4. The minimum atomic E-state index is -1.12. The molecule has 20 heavy (non-hydrogen) atoms. The fourth-order valence-corrected chi connectivity index (χ4v) is 1.26. The Balaban J connectivity index is 2.67. The molecule has 0 aliphatic carbocycles. The minimum Gasteiger partial charge on any atom is -0.480 e. The number of benzene rings is 1. The Labute approximate surface area is 116 Å². The third-order valence-electron chi connectivity index (χ3n) is 2.39. The van der Waals surface area contributed by atoms with Crippen molar-refractivity contribution in [2.45, 2.75) is 19.4 Å². The molecule has 0 radical (unpaired) electrons. The van der Waals surface area contributed by atoms with Gasteiger partial charge in [0.1, 0.15) is 6.54 Å². The highest BCUT2D eigenvalue weighted by molar-refractivity contribution is 5.99. The molecule has 7 nitrogen and oxygen atoms in total. The molecule has 0 bridgehead atoms. The average molecular weight is 279 g/mol. The molecule has 1 aromatic rings. The zero-order valence-electron chi connectivity index (χ0n) is 11.3. The van der Waals surface area contributed by atoms with Crippen LogP contribution in [0.4, 0.5) is 5.69 Å². The first-order valence-electron chi connectivity index (χ1n) is 5.90. The summed E-state index contributed by atoms with van der Waals surface area (Å²) in [7, 11) is 0. The van der Waals surface area contributed by atoms with Crippen LogP contribution in [0.2, 0.25) is 0 Å². The molecule has 5 N–H and O–H groups in total. The molecule has 0 spiro atoms. The molecule has 7 heteroatoms. The summed E-state index contributed by atoms with van der Waals surface area (Å²) in [4.78, 5) is 33.5. The summed E-state index contributed by atoms with van der Waals surface area (Å²) in [5, 5.41) is 13.3. The molecule has 2 amide bonds. The van der Waals surface area contributed by atoms with Gasteiger partial charge in [-0.2, -0.15) is 0 Å². The van der Waals surface area contributed by atoms with Crippen LogP contribution >= 0.6 is 0 Å². The highest BCUT2D eigenvalue weighted by atomic mass is 16.4. The number of carbonyl (C=O) groups is 3. The van der Waals surface area contributed by atoms with Crippen molar-refractivity contribution in [1.29, 1.82) is 0 Å². The van der Waals surface area contributed by atoms with Crippen LogP contribution in [0.3, 0.4) is 0 Å². The van der Waals surface area contributed by atoms with Gasteiger partial charge in [-0.15, -0.1) is 0 Å². The first kappa shape index (κ1) is 15.6. The highest BCUT2D eigenvalue weighted by Crippen LogP contribution is 2.11. The summed E-state index contributed by atoms with van der Waals surface area (Å²) >= 11 is 0. The quantitative estimate of drug-likeness (QED) is 0.612. The van der Waals surface area contributed by atoms with E-state index < -0.39 is 24.0 Å². The standard InChI is InChI=1S/C13H17N3O4/c1-13(2,14)12(20)16-9-5-3-8(4-6-9)11(19)15-7-10(17)18/h3-6H,7,14H2,1-2H3,(H,15,19)(H,16,20)(H,17,18). The summed E-state index contributed by atoms with van der Waals surface area (Å²) in [6.45, 7) is 2.71. The molecule has 0 saturated carbocycles. The third kappa shape index (κ3) is 4.69. The zero-order valence-corrected chi connectivity index (χ0v) is 11.3. The Kier molecular flexibility index (Phi) is 4.82. The van der Waals surface area contributed by atoms with Crippen LogP contribution < -0.4 is 16.4 Å². The molecule has 0 aliphatic heterocycles. The maximum atomic E-state index is 11.6. The van der Waals surface area contributed by atoms with Crippen LogP contribution in [0.1, 0.15) is 24.2 Å². The number of hydrogen-bond acceptors (Lipinski definition) is 4. The first-order valence-corrected chi connectivity index (χ1v) is 5.90. The molecule has 1 aromatic carbocycles. The Bertz CT molecular complexity index is 517. The number of rotatable bonds is 5. The van der Waals surface area contributed by atoms with Crippen LogP contribution in [0, 0.1) is 0 Å². The van der Waals surface area contributed by atoms with Gasteiger partial charge in [-0.25, -0.2) is 0 Å². The van der Waals surface area contributed by atoms with Gasteiger partial charge in [0.25, 0.3) is 5.91 Å². The van der Waals surface area contributed by atoms with Gasteiger partial charge in [0.15, 0.2) is 0 Å². The van der Waals surface area contributed by atoms with E-state index in [9.17, 15) is 14.4 Å². The number of aliphatic carboxylic acids is 1. The lowest BCUT2D eigenvalue weighted by atomic mass is 10.1. The minimum absolute atomic E-state index is 0.302. The number of amides is 2. The smallest absolute Gasteiger partial charge is 0.322 e. The van der Waals surface area contributed by atoms with Crippen molar-refractivity contribution in [2.24, 2.45) is 5.73 Å². The fraction of sp³-hybridized carbons (Fsp3) is 0.308. The zero-order chi connectivity index (χ0) is 15.3. The lowest BCUT2D eigenvalue weighted by Gasteiger charge is -2.17. The number of carbonyl (C=O) groups excluding carboxylic acids is 2. The van der Waals surface area contributed by atoms with E-state index in [2.05, 4.69) is 10.6 Å². The van der Waals surface area contributed by atoms with Crippen molar-refractivity contribution in [1.82, 2.24) is 5.32 Å². The van der Waals surface area contributed by atoms with Crippen molar-refractivity contribution in [2.75, 3.05) is 11.9 Å². The SMILES string of the molecule is CC(C)(N)C(=O)Nc1ccc(C(=O)NCC(=O)O)cc1. The van der Waals surface area contributed by atoms with Gasteiger partial charge in [0, 0.05) is 11.3 Å². The van der Waals surface area contributed by atoms with E-state index in [4.69, 9.17) is 10.8 Å². The summed E-state index contributed by atoms with van der Waals surface area (Å²) in [5.74, 6) is -1.96. The molecule has 1 rings (SSSR count). The van der Waals surface area contributed by atoms with Crippen molar-refractivity contribution >= 4 is 23.5 Å². The predicted molar refractivity (Wildman–Crippen MR) is 73.3 cm³/mol. The summed E-state index contributed by atoms with van der Waals surface area (Å²) in [6.07, 6.45) is 0. The summed E-state index contributed by atoms with van der Waals surface area (Å²) in [5.41, 5.74) is 5.44. The average Bonchev–Trinajstić information content (AvgIpc) is 2.35. The second-order valence-corrected chi connectivity index (χ2v) is 4.83. The van der Waals surface area contributed by atoms with Crippen LogP contribution in [-0.4, -0.2) is 35.0 Å². The Hall–Kier alpha value is -2.41. The predicted octanol–water partition coefficient (Wildman–Crippen LogP) is 0.177. The Morgan fingerprint density at radius 2 is 1.75 bits per heavy atom. The van der Waals surface area contributed by atoms with Crippen molar-refractivity contribution in [3.63, 3.8) is 0 Å². The number of nitrogens with two attached hydrogens (primary N) is 1. The monoisotopic (exact) mass is 279 g/mol. The van der Waals surface area contributed by atoms with E-state index >= 15 is 0 Å². The van der Waals surface area contributed by atoms with E-state index in [0.29, 0.717) is 11.3 Å². The molecule has 108 valence electrons. The lowest BCUT2D eigenvalue weighted by molar-refractivity contribution is -0.135. The number of carboxylic acid groups (broad SMARTS) is 1. The fourth-order valence-electron chi connectivity index (χ4n) is 1.26. The molecule has 0 heterocycles. The Morgan fingerprint density at radius 3 is 2.20 bits per heavy atom. The molecule has 0 aromatic heterocycles. The second-order valence-electron chi connectivity index (χ2n) is 4.83. The van der Waals surface area contributed by atoms with Crippen molar-refractivity contribution in [3.8, 4) is 0 Å². The van der Waals surface area contributed by atoms with E-state index in [1.165, 1.54) is 12.1 Å². The summed E-state index contributed by atoms with van der Waals surface area (Å²) < 4.78 is 0. The topological polar surface area (TPSA) is 122 Å². The van der Waals surface area contributed by atoms with Gasteiger partial charge in [0.2, 0.25) is 5.91 Å². The first-order chi connectivity index (χ1) is 9.20. The summed E-state index contributed by atoms with van der Waals surface area (Å²) in [6, 6.07) is 6.05. The molecule has 0 saturated heterocycles. The van der Waals surface area contributed by atoms with Crippen LogP contribution in [0.15, 0.2) is 24.3 Å². The van der Waals surface area contributed by atoms with Crippen LogP contribution in [0.5, 0.6) is 0 Å². The van der Waals surface area contributed by atoms with Crippen LogP contribution in [-0.2, 0) is 9.59 Å². The normalized spacial score (nSPS) is 10.8. The largest absolute Gasteiger partial charge is 0.480 e. The molecule has 0 atom stereocenters. The van der Waals surface area contributed by atoms with Gasteiger partial charge in [-0.3, -0.25) is 14.4 Å². The van der Waals surface area contributed by atoms with Crippen LogP contribution in [0.25, 0.3) is 0 Å². The van der Waals surface area contributed by atoms with Gasteiger partial charge >= 0.3 is 5.97 Å². The van der Waals surface area contributed by atoms with E-state index in [0.717, 1.165) is 0 Å². The second kappa shape index (κ2) is 6.16. The van der Waals surface area contributed by atoms with Crippen molar-refractivity contribution in [3.05, 3.63) is 29.8 Å². The highest BCUT2D eigenvalue weighted by Gasteiger charge is 2.21. The van der Waals surface area contributed by atoms with E-state index in [1.54, 1.807) is 26.0 Å². The van der Waals surface area contributed by atoms with E-state index in [-0.39, 0.29) is 5.91 Å². The number of carboxylic acids is 1. The lowest BCUT2D eigenvalue weighted by Crippen LogP contribution is -2.45. The maximum absolute atomic E-state index is 11.6. The van der Waals surface area contributed by atoms with E-state index in [1.807, 2.05) is 0 Å². The van der Waals surface area contributed by atoms with Gasteiger partial charge in [0.05, 0.1) is 5.54 Å². The molecular weight excluding hydrogens is 262 g/mol. The molecule has 0 aliphatic rings. The Morgan fingerprint density at radius 1 is 1.20 bits per heavy atom. The third-order valence-corrected chi connectivity index (χ3v) is 2.39. The van der Waals surface area contributed by atoms with Gasteiger partial charge in [-0.05, 0) is 38.1 Å². The van der Waals surface area contributed by atoms with Crippen molar-refractivity contribution < 1.29 is 19.5 Å².